The van der Waals surface area contributed by atoms with E-state index in [4.69, 9.17) is 4.74 Å². The Balaban J connectivity index is 2.77. The van der Waals surface area contributed by atoms with Crippen molar-refractivity contribution < 1.29 is 14.6 Å². The van der Waals surface area contributed by atoms with Crippen LogP contribution in [0.15, 0.2) is 18.3 Å². The molecular formula is C9H10NO3. The summed E-state index contributed by atoms with van der Waals surface area (Å²) in [5, 5.41) is 10.8. The zero-order valence-electron chi connectivity index (χ0n) is 7.48. The Morgan fingerprint density at radius 2 is 2.23 bits per heavy atom. The minimum absolute atomic E-state index is 0.0567. The number of ether oxygens (including phenoxy) is 1. The van der Waals surface area contributed by atoms with Crippen LogP contribution < -0.4 is 0 Å². The summed E-state index contributed by atoms with van der Waals surface area (Å²) in [5.41, 5.74) is 0.0567. The third-order valence-electron chi connectivity index (χ3n) is 1.28. The standard InChI is InChI=1S/C9H10NO3/c1-6(2)13-9(12)8-5-7(11)3-4-10-8/h3-6H,1-2H3. The lowest BCUT2D eigenvalue weighted by atomic mass is 10.3. The lowest BCUT2D eigenvalue weighted by molar-refractivity contribution is 0.0370. The fraction of sp³-hybridized carbons (Fsp3) is 0.333. The summed E-state index contributed by atoms with van der Waals surface area (Å²) in [6.07, 6.45) is 1.09. The number of rotatable bonds is 2. The van der Waals surface area contributed by atoms with Crippen LogP contribution in [0, 0.1) is 0 Å². The summed E-state index contributed by atoms with van der Waals surface area (Å²) >= 11 is 0. The fourth-order valence-corrected chi connectivity index (χ4v) is 0.797. The number of carbonyl (C=O) groups excluding carboxylic acids is 1. The molecular weight excluding hydrogens is 170 g/mol. The van der Waals surface area contributed by atoms with Gasteiger partial charge in [0, 0.05) is 18.3 Å². The Morgan fingerprint density at radius 3 is 2.77 bits per heavy atom. The molecule has 0 atom stereocenters. The monoisotopic (exact) mass is 180 g/mol. The van der Waals surface area contributed by atoms with Crippen LogP contribution in [0.25, 0.3) is 0 Å². The van der Waals surface area contributed by atoms with Crippen molar-refractivity contribution in [3.05, 3.63) is 24.0 Å². The number of aromatic nitrogens is 1. The number of carbonyl (C=O) groups is 1. The molecule has 0 aliphatic carbocycles. The summed E-state index contributed by atoms with van der Waals surface area (Å²) in [6, 6.07) is 2.44. The molecule has 0 fully saturated rings. The molecule has 0 amide bonds. The lowest BCUT2D eigenvalue weighted by Gasteiger charge is -2.06. The molecule has 0 saturated heterocycles. The molecule has 13 heavy (non-hydrogen) atoms. The van der Waals surface area contributed by atoms with Crippen molar-refractivity contribution in [1.29, 1.82) is 0 Å². The summed E-state index contributed by atoms with van der Waals surface area (Å²) < 4.78 is 4.85. The van der Waals surface area contributed by atoms with E-state index in [9.17, 15) is 9.90 Å². The van der Waals surface area contributed by atoms with Crippen molar-refractivity contribution in [3.8, 4) is 5.75 Å². The maximum absolute atomic E-state index is 11.2. The van der Waals surface area contributed by atoms with Crippen molar-refractivity contribution >= 4 is 5.97 Å². The van der Waals surface area contributed by atoms with Crippen LogP contribution in [0.3, 0.4) is 0 Å². The van der Waals surface area contributed by atoms with E-state index in [1.54, 1.807) is 13.8 Å². The number of nitrogens with zero attached hydrogens (tertiary/aromatic N) is 1. The molecule has 0 N–H and O–H groups in total. The second-order valence-corrected chi connectivity index (χ2v) is 2.83. The van der Waals surface area contributed by atoms with Crippen molar-refractivity contribution in [2.45, 2.75) is 20.0 Å². The van der Waals surface area contributed by atoms with E-state index in [0.29, 0.717) is 0 Å². The van der Waals surface area contributed by atoms with Gasteiger partial charge in [-0.1, -0.05) is 0 Å². The normalized spacial score (nSPS) is 10.1. The summed E-state index contributed by atoms with van der Waals surface area (Å²) in [4.78, 5) is 14.9. The highest BCUT2D eigenvalue weighted by molar-refractivity contribution is 5.87. The first kappa shape index (κ1) is 9.51. The zero-order chi connectivity index (χ0) is 9.84. The SMILES string of the molecule is CC(C)OC(=O)c1cc([O])ccn1. The summed E-state index contributed by atoms with van der Waals surface area (Å²) in [7, 11) is 0. The number of esters is 1. The Hall–Kier alpha value is -1.58. The molecule has 69 valence electrons. The fourth-order valence-electron chi connectivity index (χ4n) is 0.797. The van der Waals surface area contributed by atoms with Crippen LogP contribution in [-0.2, 0) is 9.84 Å². The lowest BCUT2D eigenvalue weighted by Crippen LogP contribution is -2.12. The molecule has 1 radical (unpaired) electrons. The third kappa shape index (κ3) is 2.74. The molecule has 0 unspecified atom stereocenters. The van der Waals surface area contributed by atoms with E-state index in [1.807, 2.05) is 0 Å². The molecule has 0 aliphatic heterocycles. The van der Waals surface area contributed by atoms with Crippen LogP contribution in [0.1, 0.15) is 24.3 Å². The van der Waals surface area contributed by atoms with Crippen LogP contribution >= 0.6 is 0 Å². The molecule has 0 saturated carbocycles. The average molecular weight is 180 g/mol. The van der Waals surface area contributed by atoms with Gasteiger partial charge >= 0.3 is 5.97 Å². The van der Waals surface area contributed by atoms with Crippen molar-refractivity contribution in [3.63, 3.8) is 0 Å². The maximum atomic E-state index is 11.2. The molecule has 1 aromatic rings. The van der Waals surface area contributed by atoms with Gasteiger partial charge in [-0.05, 0) is 13.8 Å². The van der Waals surface area contributed by atoms with E-state index in [-0.39, 0.29) is 17.5 Å². The van der Waals surface area contributed by atoms with Crippen LogP contribution in [0.4, 0.5) is 0 Å². The third-order valence-corrected chi connectivity index (χ3v) is 1.28. The first-order valence-electron chi connectivity index (χ1n) is 3.93. The van der Waals surface area contributed by atoms with Gasteiger partial charge in [-0.3, -0.25) is 5.11 Å². The number of pyridine rings is 1. The van der Waals surface area contributed by atoms with Crippen LogP contribution in [0.5, 0.6) is 5.75 Å². The predicted molar refractivity (Wildman–Crippen MR) is 44.9 cm³/mol. The second-order valence-electron chi connectivity index (χ2n) is 2.83. The highest BCUT2D eigenvalue weighted by Gasteiger charge is 2.11. The van der Waals surface area contributed by atoms with Gasteiger partial charge in [0.15, 0.2) is 11.4 Å². The molecule has 1 heterocycles. The second kappa shape index (κ2) is 3.89. The quantitative estimate of drug-likeness (QED) is 0.652. The highest BCUT2D eigenvalue weighted by atomic mass is 16.5. The predicted octanol–water partition coefficient (Wildman–Crippen LogP) is 1.79. The first-order chi connectivity index (χ1) is 6.09. The first-order valence-corrected chi connectivity index (χ1v) is 3.93. The average Bonchev–Trinajstić information content (AvgIpc) is 2.03. The van der Waals surface area contributed by atoms with E-state index >= 15 is 0 Å². The largest absolute Gasteiger partial charge is 0.458 e. The topological polar surface area (TPSA) is 59.1 Å². The van der Waals surface area contributed by atoms with Gasteiger partial charge in [-0.2, -0.15) is 0 Å². The molecule has 0 aromatic carbocycles. The minimum atomic E-state index is -0.562. The van der Waals surface area contributed by atoms with E-state index in [2.05, 4.69) is 4.98 Å². The Bertz CT molecular complexity index is 309. The number of hydrogen-bond donors (Lipinski definition) is 0. The molecule has 1 aromatic heterocycles. The van der Waals surface area contributed by atoms with Crippen molar-refractivity contribution in [1.82, 2.24) is 4.98 Å². The summed E-state index contributed by atoms with van der Waals surface area (Å²) in [5.74, 6) is -0.807. The van der Waals surface area contributed by atoms with E-state index in [1.165, 1.54) is 12.3 Å². The van der Waals surface area contributed by atoms with Gasteiger partial charge in [0.2, 0.25) is 0 Å². The van der Waals surface area contributed by atoms with Crippen LogP contribution in [-0.4, -0.2) is 17.1 Å². The number of hydrogen-bond acceptors (Lipinski definition) is 3. The van der Waals surface area contributed by atoms with Gasteiger partial charge in [0.05, 0.1) is 6.10 Å². The molecule has 0 aliphatic rings. The molecule has 4 nitrogen and oxygen atoms in total. The van der Waals surface area contributed by atoms with Gasteiger partial charge < -0.3 is 4.74 Å². The Morgan fingerprint density at radius 1 is 1.54 bits per heavy atom. The van der Waals surface area contributed by atoms with E-state index in [0.717, 1.165) is 6.07 Å². The van der Waals surface area contributed by atoms with E-state index < -0.39 is 5.97 Å². The maximum Gasteiger partial charge on any atom is 0.357 e. The smallest absolute Gasteiger partial charge is 0.357 e. The zero-order valence-corrected chi connectivity index (χ0v) is 7.48. The summed E-state index contributed by atoms with van der Waals surface area (Å²) in [6.45, 7) is 3.47. The molecule has 0 bridgehead atoms. The van der Waals surface area contributed by atoms with Gasteiger partial charge in [-0.15, -0.1) is 0 Å². The van der Waals surface area contributed by atoms with Gasteiger partial charge in [0.1, 0.15) is 0 Å². The highest BCUT2D eigenvalue weighted by Crippen LogP contribution is 2.10. The molecule has 0 spiro atoms. The minimum Gasteiger partial charge on any atom is -0.458 e. The van der Waals surface area contributed by atoms with Crippen LogP contribution in [0.2, 0.25) is 0 Å². The van der Waals surface area contributed by atoms with Gasteiger partial charge in [-0.25, -0.2) is 9.78 Å². The Labute approximate surface area is 76.2 Å². The van der Waals surface area contributed by atoms with Crippen molar-refractivity contribution in [2.75, 3.05) is 0 Å². The van der Waals surface area contributed by atoms with Crippen molar-refractivity contribution in [2.24, 2.45) is 0 Å². The molecule has 4 heteroatoms. The van der Waals surface area contributed by atoms with Gasteiger partial charge in [0.25, 0.3) is 0 Å². The molecule has 1 rings (SSSR count). The Kier molecular flexibility index (Phi) is 2.84.